The Hall–Kier alpha value is -2.66. The molecule has 0 unspecified atom stereocenters. The lowest BCUT2D eigenvalue weighted by Gasteiger charge is -2.10. The smallest absolute Gasteiger partial charge is 0.269 e. The van der Waals surface area contributed by atoms with Crippen molar-refractivity contribution in [3.63, 3.8) is 0 Å². The summed E-state index contributed by atoms with van der Waals surface area (Å²) in [6.07, 6.45) is 2.97. The number of carbonyl (C=O) groups is 2. The van der Waals surface area contributed by atoms with E-state index >= 15 is 0 Å². The SMILES string of the molecule is COc1ccc(C=CC(=O)NC(=S)NNC(=O)c2ccc(OC)c(I)c2)cc1. The Labute approximate surface area is 181 Å². The molecule has 2 amide bonds. The van der Waals surface area contributed by atoms with Gasteiger partial charge < -0.3 is 9.47 Å². The van der Waals surface area contributed by atoms with Gasteiger partial charge in [0, 0.05) is 11.6 Å². The van der Waals surface area contributed by atoms with Crippen molar-refractivity contribution in [2.45, 2.75) is 0 Å². The summed E-state index contributed by atoms with van der Waals surface area (Å²) in [5.74, 6) is 0.582. The second-order valence-electron chi connectivity index (χ2n) is 5.35. The normalized spacial score (nSPS) is 10.2. The molecule has 2 aromatic rings. The predicted octanol–water partition coefficient (Wildman–Crippen LogP) is 2.66. The van der Waals surface area contributed by atoms with Gasteiger partial charge in [0.25, 0.3) is 5.91 Å². The third kappa shape index (κ3) is 6.50. The molecule has 0 saturated carbocycles. The Bertz CT molecular complexity index is 901. The van der Waals surface area contributed by atoms with Gasteiger partial charge in [0.1, 0.15) is 11.5 Å². The van der Waals surface area contributed by atoms with Crippen molar-refractivity contribution in [2.75, 3.05) is 14.2 Å². The molecular formula is C19H18IN3O4S. The molecule has 0 fully saturated rings. The van der Waals surface area contributed by atoms with Crippen molar-refractivity contribution in [1.82, 2.24) is 16.2 Å². The van der Waals surface area contributed by atoms with Gasteiger partial charge in [-0.1, -0.05) is 12.1 Å². The summed E-state index contributed by atoms with van der Waals surface area (Å²) in [4.78, 5) is 24.0. The summed E-state index contributed by atoms with van der Waals surface area (Å²) in [5.41, 5.74) is 6.17. The fourth-order valence-electron chi connectivity index (χ4n) is 2.07. The maximum atomic E-state index is 12.1. The van der Waals surface area contributed by atoms with Crippen LogP contribution in [0.15, 0.2) is 48.5 Å². The summed E-state index contributed by atoms with van der Waals surface area (Å²) in [6.45, 7) is 0. The molecule has 9 heteroatoms. The number of nitrogens with one attached hydrogen (secondary N) is 3. The molecule has 0 spiro atoms. The van der Waals surface area contributed by atoms with Gasteiger partial charge in [-0.15, -0.1) is 0 Å². The van der Waals surface area contributed by atoms with Crippen LogP contribution in [-0.2, 0) is 4.79 Å². The number of halogens is 1. The van der Waals surface area contributed by atoms with Gasteiger partial charge in [0.05, 0.1) is 17.8 Å². The van der Waals surface area contributed by atoms with E-state index in [-0.39, 0.29) is 5.11 Å². The van der Waals surface area contributed by atoms with E-state index in [0.717, 1.165) is 14.9 Å². The predicted molar refractivity (Wildman–Crippen MR) is 119 cm³/mol. The van der Waals surface area contributed by atoms with Crippen molar-refractivity contribution >= 4 is 57.8 Å². The lowest BCUT2D eigenvalue weighted by molar-refractivity contribution is -0.115. The number of ether oxygens (including phenoxy) is 2. The lowest BCUT2D eigenvalue weighted by atomic mass is 10.2. The van der Waals surface area contributed by atoms with Crippen LogP contribution in [-0.4, -0.2) is 31.1 Å². The van der Waals surface area contributed by atoms with Gasteiger partial charge in [0.2, 0.25) is 5.91 Å². The van der Waals surface area contributed by atoms with Crippen LogP contribution in [0, 0.1) is 3.57 Å². The van der Waals surface area contributed by atoms with E-state index in [9.17, 15) is 9.59 Å². The molecule has 146 valence electrons. The van der Waals surface area contributed by atoms with Crippen LogP contribution in [0.4, 0.5) is 0 Å². The highest BCUT2D eigenvalue weighted by Gasteiger charge is 2.09. The number of hydrogen-bond donors (Lipinski definition) is 3. The summed E-state index contributed by atoms with van der Waals surface area (Å²) >= 11 is 7.07. The fourth-order valence-corrected chi connectivity index (χ4v) is 2.95. The Balaban J connectivity index is 1.82. The monoisotopic (exact) mass is 511 g/mol. The number of thiocarbonyl (C=S) groups is 1. The zero-order valence-corrected chi connectivity index (χ0v) is 18.1. The molecule has 0 aliphatic rings. The van der Waals surface area contributed by atoms with E-state index in [1.165, 1.54) is 6.08 Å². The molecule has 2 rings (SSSR count). The number of benzene rings is 2. The number of amides is 2. The van der Waals surface area contributed by atoms with Gasteiger partial charge in [-0.3, -0.25) is 25.8 Å². The number of carbonyl (C=O) groups excluding carboxylic acids is 2. The molecule has 3 N–H and O–H groups in total. The quantitative estimate of drug-likeness (QED) is 0.248. The first-order chi connectivity index (χ1) is 13.4. The van der Waals surface area contributed by atoms with E-state index in [1.807, 2.05) is 12.1 Å². The Morgan fingerprint density at radius 1 is 1.04 bits per heavy atom. The molecule has 7 nitrogen and oxygen atoms in total. The van der Waals surface area contributed by atoms with Crippen molar-refractivity contribution in [3.8, 4) is 11.5 Å². The minimum absolute atomic E-state index is 0.0269. The minimum atomic E-state index is -0.429. The molecule has 0 saturated heterocycles. The molecule has 0 radical (unpaired) electrons. The number of rotatable bonds is 5. The average Bonchev–Trinajstić information content (AvgIpc) is 2.70. The lowest BCUT2D eigenvalue weighted by Crippen LogP contribution is -2.48. The number of methoxy groups -OCH3 is 2. The maximum Gasteiger partial charge on any atom is 0.269 e. The zero-order valence-electron chi connectivity index (χ0n) is 15.1. The Morgan fingerprint density at radius 3 is 2.36 bits per heavy atom. The summed E-state index contributed by atoms with van der Waals surface area (Å²) in [7, 11) is 3.14. The third-order valence-corrected chi connectivity index (χ3v) is 4.53. The van der Waals surface area contributed by atoms with Crippen LogP contribution in [0.3, 0.4) is 0 Å². The van der Waals surface area contributed by atoms with Crippen LogP contribution in [0.5, 0.6) is 11.5 Å². The summed E-state index contributed by atoms with van der Waals surface area (Å²) in [5, 5.41) is 2.42. The summed E-state index contributed by atoms with van der Waals surface area (Å²) < 4.78 is 11.0. The standard InChI is InChI=1S/C19H18IN3O4S/c1-26-14-7-3-12(4-8-14)5-10-17(24)21-19(28)23-22-18(25)13-6-9-16(27-2)15(20)11-13/h3-11H,1-2H3,(H,22,25)(H2,21,23,24,28). The van der Waals surface area contributed by atoms with Crippen LogP contribution in [0.2, 0.25) is 0 Å². The van der Waals surface area contributed by atoms with E-state index in [0.29, 0.717) is 11.3 Å². The van der Waals surface area contributed by atoms with Gasteiger partial charge >= 0.3 is 0 Å². The first-order valence-electron chi connectivity index (χ1n) is 8.00. The highest BCUT2D eigenvalue weighted by atomic mass is 127. The highest BCUT2D eigenvalue weighted by molar-refractivity contribution is 14.1. The number of hydrogen-bond acceptors (Lipinski definition) is 5. The van der Waals surface area contributed by atoms with E-state index < -0.39 is 11.8 Å². The Kier molecular flexibility index (Phi) is 8.20. The number of hydrazine groups is 1. The van der Waals surface area contributed by atoms with Crippen LogP contribution in [0.1, 0.15) is 15.9 Å². The minimum Gasteiger partial charge on any atom is -0.497 e. The van der Waals surface area contributed by atoms with Gasteiger partial charge in [-0.05, 0) is 76.8 Å². The van der Waals surface area contributed by atoms with Gasteiger partial charge in [-0.2, -0.15) is 0 Å². The molecular weight excluding hydrogens is 493 g/mol. The van der Waals surface area contributed by atoms with E-state index in [2.05, 4.69) is 38.8 Å². The first-order valence-corrected chi connectivity index (χ1v) is 9.48. The Morgan fingerprint density at radius 2 is 1.75 bits per heavy atom. The van der Waals surface area contributed by atoms with Gasteiger partial charge in [0.15, 0.2) is 5.11 Å². The van der Waals surface area contributed by atoms with E-state index in [4.69, 9.17) is 21.7 Å². The maximum absolute atomic E-state index is 12.1. The van der Waals surface area contributed by atoms with Crippen molar-refractivity contribution in [3.05, 3.63) is 63.2 Å². The van der Waals surface area contributed by atoms with Crippen LogP contribution < -0.4 is 25.6 Å². The topological polar surface area (TPSA) is 88.7 Å². The largest absolute Gasteiger partial charge is 0.497 e. The van der Waals surface area contributed by atoms with Crippen molar-refractivity contribution in [1.29, 1.82) is 0 Å². The second kappa shape index (κ2) is 10.6. The first kappa shape index (κ1) is 21.6. The molecule has 0 atom stereocenters. The summed E-state index contributed by atoms with van der Waals surface area (Å²) in [6, 6.07) is 12.2. The van der Waals surface area contributed by atoms with E-state index in [1.54, 1.807) is 50.6 Å². The second-order valence-corrected chi connectivity index (χ2v) is 6.92. The van der Waals surface area contributed by atoms with Gasteiger partial charge in [-0.25, -0.2) is 0 Å². The zero-order chi connectivity index (χ0) is 20.5. The molecule has 0 aromatic heterocycles. The molecule has 0 heterocycles. The van der Waals surface area contributed by atoms with Crippen molar-refractivity contribution in [2.24, 2.45) is 0 Å². The molecule has 0 aliphatic carbocycles. The molecule has 28 heavy (non-hydrogen) atoms. The fraction of sp³-hybridized carbons (Fsp3) is 0.105. The average molecular weight is 511 g/mol. The molecule has 2 aromatic carbocycles. The third-order valence-electron chi connectivity index (χ3n) is 3.48. The highest BCUT2D eigenvalue weighted by Crippen LogP contribution is 2.21. The van der Waals surface area contributed by atoms with Crippen LogP contribution in [0.25, 0.3) is 6.08 Å². The van der Waals surface area contributed by atoms with Crippen LogP contribution >= 0.6 is 34.8 Å². The van der Waals surface area contributed by atoms with Crippen molar-refractivity contribution < 1.29 is 19.1 Å². The molecule has 0 aliphatic heterocycles. The molecule has 0 bridgehead atoms.